The van der Waals surface area contributed by atoms with Crippen LogP contribution in [0.1, 0.15) is 26.2 Å². The van der Waals surface area contributed by atoms with E-state index in [-0.39, 0.29) is 0 Å². The summed E-state index contributed by atoms with van der Waals surface area (Å²) in [5.74, 6) is 0. The minimum atomic E-state index is 0.332. The van der Waals surface area contributed by atoms with Crippen LogP contribution in [0, 0.1) is 0 Å². The summed E-state index contributed by atoms with van der Waals surface area (Å²) in [7, 11) is 2.07. The standard InChI is InChI=1S/C11H22N2O/c1-11(5-8-14-9-11)13-6-3-10(12-2)4-7-13/h10,12H,3-9H2,1-2H3. The lowest BCUT2D eigenvalue weighted by atomic mass is 9.94. The topological polar surface area (TPSA) is 24.5 Å². The van der Waals surface area contributed by atoms with Gasteiger partial charge in [-0.15, -0.1) is 0 Å². The summed E-state index contributed by atoms with van der Waals surface area (Å²) in [6.45, 7) is 6.68. The number of rotatable bonds is 2. The highest BCUT2D eigenvalue weighted by atomic mass is 16.5. The minimum Gasteiger partial charge on any atom is -0.379 e. The van der Waals surface area contributed by atoms with Crippen LogP contribution in [-0.2, 0) is 4.74 Å². The molecule has 0 aliphatic carbocycles. The highest BCUT2D eigenvalue weighted by Gasteiger charge is 2.37. The van der Waals surface area contributed by atoms with Gasteiger partial charge in [0.2, 0.25) is 0 Å². The van der Waals surface area contributed by atoms with E-state index in [1.54, 1.807) is 0 Å². The molecule has 1 atom stereocenters. The zero-order valence-electron chi connectivity index (χ0n) is 9.38. The van der Waals surface area contributed by atoms with Gasteiger partial charge in [0, 0.05) is 31.3 Å². The van der Waals surface area contributed by atoms with E-state index in [0.717, 1.165) is 19.3 Å². The number of piperidine rings is 1. The summed E-state index contributed by atoms with van der Waals surface area (Å²) < 4.78 is 5.51. The molecular formula is C11H22N2O. The summed E-state index contributed by atoms with van der Waals surface area (Å²) in [5.41, 5.74) is 0.332. The predicted octanol–water partition coefficient (Wildman–Crippen LogP) is 0.849. The van der Waals surface area contributed by atoms with Crippen LogP contribution in [0.2, 0.25) is 0 Å². The van der Waals surface area contributed by atoms with E-state index in [9.17, 15) is 0 Å². The van der Waals surface area contributed by atoms with Gasteiger partial charge >= 0.3 is 0 Å². The van der Waals surface area contributed by atoms with Crippen LogP contribution in [0.15, 0.2) is 0 Å². The molecule has 0 radical (unpaired) electrons. The van der Waals surface area contributed by atoms with E-state index in [2.05, 4.69) is 24.2 Å². The van der Waals surface area contributed by atoms with Crippen molar-refractivity contribution in [2.45, 2.75) is 37.8 Å². The maximum atomic E-state index is 5.51. The number of ether oxygens (including phenoxy) is 1. The largest absolute Gasteiger partial charge is 0.379 e. The second kappa shape index (κ2) is 4.17. The summed E-state index contributed by atoms with van der Waals surface area (Å²) >= 11 is 0. The maximum Gasteiger partial charge on any atom is 0.0648 e. The molecule has 1 N–H and O–H groups in total. The maximum absolute atomic E-state index is 5.51. The summed E-state index contributed by atoms with van der Waals surface area (Å²) in [4.78, 5) is 2.62. The summed E-state index contributed by atoms with van der Waals surface area (Å²) in [5, 5.41) is 3.37. The molecule has 2 rings (SSSR count). The Kier molecular flexibility index (Phi) is 3.10. The van der Waals surface area contributed by atoms with E-state index < -0.39 is 0 Å². The normalized spacial score (nSPS) is 36.4. The lowest BCUT2D eigenvalue weighted by Crippen LogP contribution is -2.52. The fourth-order valence-electron chi connectivity index (χ4n) is 2.61. The van der Waals surface area contributed by atoms with Crippen molar-refractivity contribution in [1.82, 2.24) is 10.2 Å². The highest BCUT2D eigenvalue weighted by Crippen LogP contribution is 2.28. The molecule has 2 heterocycles. The molecule has 0 bridgehead atoms. The number of likely N-dealkylation sites (tertiary alicyclic amines) is 1. The predicted molar refractivity (Wildman–Crippen MR) is 57.5 cm³/mol. The molecule has 0 saturated carbocycles. The smallest absolute Gasteiger partial charge is 0.0648 e. The summed E-state index contributed by atoms with van der Waals surface area (Å²) in [6.07, 6.45) is 3.77. The Labute approximate surface area is 86.8 Å². The van der Waals surface area contributed by atoms with Gasteiger partial charge in [-0.3, -0.25) is 4.90 Å². The number of hydrogen-bond donors (Lipinski definition) is 1. The third-order valence-electron chi connectivity index (χ3n) is 3.86. The monoisotopic (exact) mass is 198 g/mol. The van der Waals surface area contributed by atoms with Crippen LogP contribution < -0.4 is 5.32 Å². The zero-order valence-corrected chi connectivity index (χ0v) is 9.38. The van der Waals surface area contributed by atoms with Crippen molar-refractivity contribution in [3.05, 3.63) is 0 Å². The highest BCUT2D eigenvalue weighted by molar-refractivity contribution is 4.92. The van der Waals surface area contributed by atoms with Crippen molar-refractivity contribution < 1.29 is 4.74 Å². The van der Waals surface area contributed by atoms with Crippen LogP contribution in [-0.4, -0.2) is 49.8 Å². The van der Waals surface area contributed by atoms with Crippen LogP contribution in [0.3, 0.4) is 0 Å². The van der Waals surface area contributed by atoms with Crippen molar-refractivity contribution in [2.24, 2.45) is 0 Å². The Hall–Kier alpha value is -0.120. The van der Waals surface area contributed by atoms with E-state index in [0.29, 0.717) is 5.54 Å². The van der Waals surface area contributed by atoms with Gasteiger partial charge in [0.1, 0.15) is 0 Å². The van der Waals surface area contributed by atoms with Gasteiger partial charge in [0.05, 0.1) is 6.61 Å². The first-order chi connectivity index (χ1) is 6.74. The first-order valence-electron chi connectivity index (χ1n) is 5.75. The molecule has 0 aromatic heterocycles. The Balaban J connectivity index is 1.88. The quantitative estimate of drug-likeness (QED) is 0.712. The van der Waals surface area contributed by atoms with Crippen LogP contribution >= 0.6 is 0 Å². The molecule has 0 spiro atoms. The molecule has 0 aromatic rings. The van der Waals surface area contributed by atoms with Crippen LogP contribution in [0.5, 0.6) is 0 Å². The second-order valence-corrected chi connectivity index (χ2v) is 4.85. The van der Waals surface area contributed by atoms with E-state index in [4.69, 9.17) is 4.74 Å². The van der Waals surface area contributed by atoms with Crippen molar-refractivity contribution >= 4 is 0 Å². The molecule has 2 saturated heterocycles. The third kappa shape index (κ3) is 1.95. The number of nitrogens with one attached hydrogen (secondary N) is 1. The third-order valence-corrected chi connectivity index (χ3v) is 3.86. The van der Waals surface area contributed by atoms with E-state index in [1.165, 1.54) is 32.4 Å². The first kappa shape index (κ1) is 10.4. The van der Waals surface area contributed by atoms with Crippen molar-refractivity contribution in [1.29, 1.82) is 0 Å². The van der Waals surface area contributed by atoms with Crippen molar-refractivity contribution in [3.8, 4) is 0 Å². The lowest BCUT2D eigenvalue weighted by molar-refractivity contribution is 0.0558. The molecule has 0 aromatic carbocycles. The van der Waals surface area contributed by atoms with Gasteiger partial charge in [-0.2, -0.15) is 0 Å². The average Bonchev–Trinajstić information content (AvgIpc) is 2.67. The lowest BCUT2D eigenvalue weighted by Gasteiger charge is -2.42. The SMILES string of the molecule is CNC1CCN(C2(C)CCOC2)CC1. The molecule has 2 aliphatic heterocycles. The minimum absolute atomic E-state index is 0.332. The molecule has 82 valence electrons. The number of hydrogen-bond acceptors (Lipinski definition) is 3. The van der Waals surface area contributed by atoms with Gasteiger partial charge in [-0.05, 0) is 33.2 Å². The molecule has 2 aliphatic rings. The van der Waals surface area contributed by atoms with Crippen LogP contribution in [0.4, 0.5) is 0 Å². The Morgan fingerprint density at radius 2 is 2.07 bits per heavy atom. The fourth-order valence-corrected chi connectivity index (χ4v) is 2.61. The molecular weight excluding hydrogens is 176 g/mol. The Morgan fingerprint density at radius 1 is 1.36 bits per heavy atom. The first-order valence-corrected chi connectivity index (χ1v) is 5.75. The van der Waals surface area contributed by atoms with Crippen molar-refractivity contribution in [3.63, 3.8) is 0 Å². The van der Waals surface area contributed by atoms with Gasteiger partial charge in [0.15, 0.2) is 0 Å². The van der Waals surface area contributed by atoms with Gasteiger partial charge < -0.3 is 10.1 Å². The molecule has 1 unspecified atom stereocenters. The average molecular weight is 198 g/mol. The summed E-state index contributed by atoms with van der Waals surface area (Å²) in [6, 6.07) is 0.733. The van der Waals surface area contributed by atoms with Crippen LogP contribution in [0.25, 0.3) is 0 Å². The Bertz CT molecular complexity index is 182. The zero-order chi connectivity index (χ0) is 10.0. The Morgan fingerprint density at radius 3 is 2.57 bits per heavy atom. The van der Waals surface area contributed by atoms with Crippen molar-refractivity contribution in [2.75, 3.05) is 33.4 Å². The fraction of sp³-hybridized carbons (Fsp3) is 1.00. The van der Waals surface area contributed by atoms with E-state index in [1.807, 2.05) is 0 Å². The van der Waals surface area contributed by atoms with E-state index >= 15 is 0 Å². The molecule has 3 heteroatoms. The molecule has 3 nitrogen and oxygen atoms in total. The van der Waals surface area contributed by atoms with Gasteiger partial charge in [-0.1, -0.05) is 0 Å². The molecule has 2 fully saturated rings. The molecule has 0 amide bonds. The van der Waals surface area contributed by atoms with Gasteiger partial charge in [-0.25, -0.2) is 0 Å². The number of nitrogens with zero attached hydrogens (tertiary/aromatic N) is 1. The van der Waals surface area contributed by atoms with Gasteiger partial charge in [0.25, 0.3) is 0 Å². The second-order valence-electron chi connectivity index (χ2n) is 4.85. The molecule has 14 heavy (non-hydrogen) atoms.